The number of hydrogen-bond donors (Lipinski definition) is 1. The number of aryl methyl sites for hydroxylation is 1. The third-order valence-electron chi connectivity index (χ3n) is 5.68. The maximum atomic E-state index is 3.63. The standard InChI is InChI=1S/C27H24N3/c1-29-16-12-22(13-17-29)23-14-18-30(19-15-23)27-11-10-26(24-8-4-5-9-25(24)27)28-20-21-6-2-3-7-21/h2-19,21H,20H2,1H3/q+1/p+1. The van der Waals surface area contributed by atoms with Crippen molar-refractivity contribution in [3.8, 4) is 16.8 Å². The van der Waals surface area contributed by atoms with E-state index >= 15 is 0 Å². The molecule has 3 heteroatoms. The Morgan fingerprint density at radius 2 is 1.37 bits per heavy atom. The number of aromatic nitrogens is 2. The number of benzene rings is 2. The molecule has 0 saturated carbocycles. The highest BCUT2D eigenvalue weighted by atomic mass is 14.9. The van der Waals surface area contributed by atoms with E-state index in [0.717, 1.165) is 6.54 Å². The molecule has 1 aliphatic rings. The van der Waals surface area contributed by atoms with E-state index in [9.17, 15) is 0 Å². The first-order chi connectivity index (χ1) is 14.8. The summed E-state index contributed by atoms with van der Waals surface area (Å²) in [7, 11) is 2.04. The Bertz CT molecular complexity index is 1220. The van der Waals surface area contributed by atoms with Gasteiger partial charge in [-0.05, 0) is 23.3 Å². The Morgan fingerprint density at radius 1 is 0.733 bits per heavy atom. The molecule has 0 aliphatic heterocycles. The van der Waals surface area contributed by atoms with Crippen molar-refractivity contribution in [3.63, 3.8) is 0 Å². The summed E-state index contributed by atoms with van der Waals surface area (Å²) in [5.41, 5.74) is 4.80. The molecule has 30 heavy (non-hydrogen) atoms. The van der Waals surface area contributed by atoms with Crippen LogP contribution < -0.4 is 14.5 Å². The molecule has 0 atom stereocenters. The zero-order valence-electron chi connectivity index (χ0n) is 17.1. The van der Waals surface area contributed by atoms with E-state index in [1.807, 2.05) is 11.6 Å². The minimum absolute atomic E-state index is 0.463. The van der Waals surface area contributed by atoms with Gasteiger partial charge < -0.3 is 5.32 Å². The quantitative estimate of drug-likeness (QED) is 0.486. The van der Waals surface area contributed by atoms with Crippen molar-refractivity contribution in [3.05, 3.63) is 110 Å². The van der Waals surface area contributed by atoms with Crippen molar-refractivity contribution in [1.82, 2.24) is 0 Å². The summed E-state index contributed by atoms with van der Waals surface area (Å²) in [6.07, 6.45) is 17.1. The zero-order valence-corrected chi connectivity index (χ0v) is 17.1. The van der Waals surface area contributed by atoms with E-state index in [-0.39, 0.29) is 0 Å². The molecule has 0 saturated heterocycles. The number of nitrogens with one attached hydrogen (secondary N) is 1. The summed E-state index contributed by atoms with van der Waals surface area (Å²) < 4.78 is 4.24. The molecule has 2 aromatic heterocycles. The van der Waals surface area contributed by atoms with Gasteiger partial charge in [0.1, 0.15) is 7.05 Å². The fourth-order valence-corrected chi connectivity index (χ4v) is 3.98. The highest BCUT2D eigenvalue weighted by molar-refractivity contribution is 5.98. The Kier molecular flexibility index (Phi) is 4.86. The van der Waals surface area contributed by atoms with E-state index in [1.165, 1.54) is 33.3 Å². The predicted molar refractivity (Wildman–Crippen MR) is 122 cm³/mol. The topological polar surface area (TPSA) is 19.8 Å². The fraction of sp³-hybridized carbons (Fsp3) is 0.111. The van der Waals surface area contributed by atoms with Crippen molar-refractivity contribution >= 4 is 16.5 Å². The summed E-state index contributed by atoms with van der Waals surface area (Å²) >= 11 is 0. The average molecular weight is 392 g/mol. The zero-order chi connectivity index (χ0) is 20.3. The van der Waals surface area contributed by atoms with Crippen LogP contribution in [0.2, 0.25) is 0 Å². The van der Waals surface area contributed by atoms with Gasteiger partial charge in [-0.1, -0.05) is 42.5 Å². The minimum Gasteiger partial charge on any atom is -0.384 e. The van der Waals surface area contributed by atoms with Crippen LogP contribution in [0.15, 0.2) is 110 Å². The van der Waals surface area contributed by atoms with Crippen LogP contribution in [0.25, 0.3) is 27.6 Å². The molecule has 146 valence electrons. The van der Waals surface area contributed by atoms with Crippen LogP contribution >= 0.6 is 0 Å². The Labute approximate surface area is 177 Å². The lowest BCUT2D eigenvalue weighted by atomic mass is 10.0. The summed E-state index contributed by atoms with van der Waals surface area (Å²) in [4.78, 5) is 0. The molecule has 3 nitrogen and oxygen atoms in total. The first-order valence-electron chi connectivity index (χ1n) is 10.4. The number of hydrogen-bond acceptors (Lipinski definition) is 1. The van der Waals surface area contributed by atoms with Crippen LogP contribution in [0, 0.1) is 5.92 Å². The summed E-state index contributed by atoms with van der Waals surface area (Å²) in [5.74, 6) is 0.463. The third-order valence-corrected chi connectivity index (χ3v) is 5.68. The monoisotopic (exact) mass is 391 g/mol. The van der Waals surface area contributed by atoms with Crippen molar-refractivity contribution in [2.24, 2.45) is 13.0 Å². The Hall–Kier alpha value is -3.72. The second-order valence-electron chi connectivity index (χ2n) is 7.74. The number of anilines is 1. The molecule has 1 aliphatic carbocycles. The number of nitrogens with zero attached hydrogens (tertiary/aromatic N) is 2. The molecular weight excluding hydrogens is 366 g/mol. The molecule has 0 spiro atoms. The second kappa shape index (κ2) is 7.96. The van der Waals surface area contributed by atoms with Gasteiger partial charge in [0.25, 0.3) is 0 Å². The molecule has 2 heterocycles. The molecule has 2 aromatic carbocycles. The van der Waals surface area contributed by atoms with Gasteiger partial charge in [-0.3, -0.25) is 0 Å². The van der Waals surface area contributed by atoms with Crippen molar-refractivity contribution in [2.75, 3.05) is 11.9 Å². The fourth-order valence-electron chi connectivity index (χ4n) is 3.98. The number of fused-ring (bicyclic) bond motifs is 1. The van der Waals surface area contributed by atoms with Gasteiger partial charge in [0.2, 0.25) is 5.69 Å². The Balaban J connectivity index is 1.47. The predicted octanol–water partition coefficient (Wildman–Crippen LogP) is 4.76. The minimum atomic E-state index is 0.463. The first kappa shape index (κ1) is 18.3. The lowest BCUT2D eigenvalue weighted by Gasteiger charge is -2.13. The summed E-state index contributed by atoms with van der Waals surface area (Å²) in [5, 5.41) is 6.11. The van der Waals surface area contributed by atoms with Crippen molar-refractivity contribution in [1.29, 1.82) is 0 Å². The van der Waals surface area contributed by atoms with Crippen LogP contribution in [0.3, 0.4) is 0 Å². The normalized spacial score (nSPS) is 13.2. The van der Waals surface area contributed by atoms with Gasteiger partial charge in [-0.2, -0.15) is 4.57 Å². The average Bonchev–Trinajstić information content (AvgIpc) is 3.32. The van der Waals surface area contributed by atoms with Gasteiger partial charge in [-0.25, -0.2) is 4.57 Å². The van der Waals surface area contributed by atoms with Crippen LogP contribution in [0.5, 0.6) is 0 Å². The van der Waals surface area contributed by atoms with Crippen LogP contribution in [0.4, 0.5) is 5.69 Å². The largest absolute Gasteiger partial charge is 0.384 e. The van der Waals surface area contributed by atoms with Crippen molar-refractivity contribution in [2.45, 2.75) is 0 Å². The molecule has 0 radical (unpaired) electrons. The molecular formula is C27H25N3+2. The van der Waals surface area contributed by atoms with Gasteiger partial charge in [-0.15, -0.1) is 0 Å². The van der Waals surface area contributed by atoms with E-state index in [1.54, 1.807) is 0 Å². The van der Waals surface area contributed by atoms with Gasteiger partial charge in [0, 0.05) is 53.9 Å². The highest BCUT2D eigenvalue weighted by Crippen LogP contribution is 2.27. The van der Waals surface area contributed by atoms with E-state index in [2.05, 4.69) is 120 Å². The Morgan fingerprint density at radius 3 is 2.07 bits per heavy atom. The third kappa shape index (κ3) is 3.62. The van der Waals surface area contributed by atoms with E-state index in [0.29, 0.717) is 5.92 Å². The van der Waals surface area contributed by atoms with Gasteiger partial charge in [0.15, 0.2) is 24.8 Å². The lowest BCUT2D eigenvalue weighted by Crippen LogP contribution is -2.29. The first-order valence-corrected chi connectivity index (χ1v) is 10.4. The van der Waals surface area contributed by atoms with Gasteiger partial charge in [0.05, 0.1) is 5.39 Å². The SMILES string of the molecule is C[n+]1ccc(-c2cc[n+](-c3ccc(NCC4C=CC=C4)c4ccccc34)cc2)cc1. The molecule has 0 bridgehead atoms. The van der Waals surface area contributed by atoms with Crippen LogP contribution in [0.1, 0.15) is 0 Å². The van der Waals surface area contributed by atoms with Gasteiger partial charge >= 0.3 is 0 Å². The van der Waals surface area contributed by atoms with E-state index in [4.69, 9.17) is 0 Å². The second-order valence-corrected chi connectivity index (χ2v) is 7.74. The van der Waals surface area contributed by atoms with Crippen LogP contribution in [-0.4, -0.2) is 6.54 Å². The molecule has 0 amide bonds. The summed E-state index contributed by atoms with van der Waals surface area (Å²) in [6, 6.07) is 21.6. The molecule has 5 rings (SSSR count). The molecule has 0 unspecified atom stereocenters. The highest BCUT2D eigenvalue weighted by Gasteiger charge is 2.14. The molecule has 0 fully saturated rings. The number of pyridine rings is 2. The van der Waals surface area contributed by atoms with Crippen molar-refractivity contribution < 1.29 is 9.13 Å². The van der Waals surface area contributed by atoms with Crippen LogP contribution in [-0.2, 0) is 7.05 Å². The summed E-state index contributed by atoms with van der Waals surface area (Å²) in [6.45, 7) is 0.910. The molecule has 1 N–H and O–H groups in total. The smallest absolute Gasteiger partial charge is 0.218 e. The number of allylic oxidation sites excluding steroid dienone is 2. The molecule has 4 aromatic rings. The van der Waals surface area contributed by atoms with E-state index < -0.39 is 0 Å². The maximum absolute atomic E-state index is 3.63. The maximum Gasteiger partial charge on any atom is 0.218 e. The number of rotatable bonds is 5. The lowest BCUT2D eigenvalue weighted by molar-refractivity contribution is -0.671.